The van der Waals surface area contributed by atoms with Crippen molar-refractivity contribution in [3.63, 3.8) is 0 Å². The molecule has 1 fully saturated rings. The van der Waals surface area contributed by atoms with Crippen LogP contribution in [0.15, 0.2) is 0 Å². The van der Waals surface area contributed by atoms with Crippen molar-refractivity contribution in [3.8, 4) is 6.07 Å². The largest absolute Gasteiger partial charge is 1.00 e. The topological polar surface area (TPSA) is 23.8 Å². The van der Waals surface area contributed by atoms with E-state index >= 15 is 0 Å². The van der Waals surface area contributed by atoms with Crippen LogP contribution in [-0.4, -0.2) is 5.75 Å². The molecule has 3 heteroatoms. The summed E-state index contributed by atoms with van der Waals surface area (Å²) in [6.07, 6.45) is 3.05. The third-order valence-electron chi connectivity index (χ3n) is 1.72. The van der Waals surface area contributed by atoms with Crippen molar-refractivity contribution in [2.75, 3.05) is 5.75 Å². The average molecular weight is 149 g/mol. The van der Waals surface area contributed by atoms with Crippen LogP contribution in [0.4, 0.5) is 0 Å². The molecule has 0 aromatic carbocycles. The SMILES string of the molecule is N#CCC1(C[S-])CC1.[Na+]. The molecule has 1 rings (SSSR count). The molecule has 0 aromatic heterocycles. The molecule has 0 aliphatic heterocycles. The second kappa shape index (κ2) is 3.88. The molecule has 0 atom stereocenters. The van der Waals surface area contributed by atoms with E-state index in [9.17, 15) is 0 Å². The summed E-state index contributed by atoms with van der Waals surface area (Å²) < 4.78 is 0. The van der Waals surface area contributed by atoms with E-state index < -0.39 is 0 Å². The van der Waals surface area contributed by atoms with E-state index in [1.165, 1.54) is 12.8 Å². The smallest absolute Gasteiger partial charge is 0.792 e. The van der Waals surface area contributed by atoms with E-state index in [1.807, 2.05) is 0 Å². The van der Waals surface area contributed by atoms with Gasteiger partial charge in [0.2, 0.25) is 0 Å². The standard InChI is InChI=1S/C6H9NS.Na/c7-4-3-6(5-8)1-2-6;/h8H,1-3,5H2;/q;+1/p-1. The summed E-state index contributed by atoms with van der Waals surface area (Å²) in [4.78, 5) is 0. The van der Waals surface area contributed by atoms with Gasteiger partial charge in [0.25, 0.3) is 0 Å². The van der Waals surface area contributed by atoms with Crippen LogP contribution in [0.3, 0.4) is 0 Å². The van der Waals surface area contributed by atoms with Crippen LogP contribution in [-0.2, 0) is 12.6 Å². The second-order valence-electron chi connectivity index (χ2n) is 2.48. The van der Waals surface area contributed by atoms with Gasteiger partial charge in [0.05, 0.1) is 6.07 Å². The number of hydrogen-bond acceptors (Lipinski definition) is 2. The third kappa shape index (κ3) is 2.51. The fourth-order valence-corrected chi connectivity index (χ4v) is 1.11. The second-order valence-corrected chi connectivity index (χ2v) is 2.77. The Bertz CT molecular complexity index is 126. The predicted octanol–water partition coefficient (Wildman–Crippen LogP) is -1.77. The van der Waals surface area contributed by atoms with Crippen molar-refractivity contribution in [1.82, 2.24) is 0 Å². The molecule has 0 bridgehead atoms. The third-order valence-corrected chi connectivity index (χ3v) is 2.33. The average Bonchev–Trinajstić information content (AvgIpc) is 2.50. The maximum absolute atomic E-state index is 8.28. The van der Waals surface area contributed by atoms with Gasteiger partial charge < -0.3 is 12.6 Å². The molecule has 44 valence electrons. The Morgan fingerprint density at radius 3 is 2.22 bits per heavy atom. The van der Waals surface area contributed by atoms with Gasteiger partial charge in [-0.15, -0.1) is 0 Å². The van der Waals surface area contributed by atoms with Gasteiger partial charge in [-0.2, -0.15) is 11.0 Å². The molecule has 1 nitrogen and oxygen atoms in total. The quantitative estimate of drug-likeness (QED) is 0.343. The number of hydrogen-bond donors (Lipinski definition) is 0. The van der Waals surface area contributed by atoms with Gasteiger partial charge in [0, 0.05) is 6.42 Å². The monoisotopic (exact) mass is 149 g/mol. The first-order valence-corrected chi connectivity index (χ1v) is 3.36. The Morgan fingerprint density at radius 2 is 2.11 bits per heavy atom. The molecule has 1 aliphatic rings. The molecule has 1 aliphatic carbocycles. The first-order chi connectivity index (χ1) is 3.83. The van der Waals surface area contributed by atoms with Crippen LogP contribution in [0.2, 0.25) is 0 Å². The minimum absolute atomic E-state index is 0. The van der Waals surface area contributed by atoms with Gasteiger partial charge in [-0.05, 0) is 18.3 Å². The zero-order valence-corrected chi connectivity index (χ0v) is 8.50. The Hall–Kier alpha value is 0.840. The van der Waals surface area contributed by atoms with Crippen LogP contribution in [0.1, 0.15) is 19.3 Å². The van der Waals surface area contributed by atoms with Gasteiger partial charge >= 0.3 is 29.6 Å². The van der Waals surface area contributed by atoms with Crippen molar-refractivity contribution in [1.29, 1.82) is 5.26 Å². The van der Waals surface area contributed by atoms with Crippen LogP contribution in [0, 0.1) is 16.7 Å². The summed E-state index contributed by atoms with van der Waals surface area (Å²) in [6.45, 7) is 0. The zero-order chi connectivity index (χ0) is 6.04. The Kier molecular flexibility index (Phi) is 4.24. The summed E-state index contributed by atoms with van der Waals surface area (Å²) in [6, 6.07) is 2.15. The van der Waals surface area contributed by atoms with Crippen molar-refractivity contribution in [2.45, 2.75) is 19.3 Å². The van der Waals surface area contributed by atoms with Gasteiger partial charge in [0.15, 0.2) is 0 Å². The minimum Gasteiger partial charge on any atom is -0.792 e. The van der Waals surface area contributed by atoms with E-state index in [0.29, 0.717) is 11.8 Å². The maximum Gasteiger partial charge on any atom is 1.00 e. The normalized spacial score (nSPS) is 19.6. The van der Waals surface area contributed by atoms with Crippen molar-refractivity contribution in [2.24, 2.45) is 5.41 Å². The van der Waals surface area contributed by atoms with Crippen molar-refractivity contribution >= 4 is 12.6 Å². The van der Waals surface area contributed by atoms with Crippen molar-refractivity contribution < 1.29 is 29.6 Å². The molecule has 0 amide bonds. The molecule has 0 N–H and O–H groups in total. The van der Waals surface area contributed by atoms with Gasteiger partial charge in [0.1, 0.15) is 0 Å². The molecule has 0 spiro atoms. The number of rotatable bonds is 2. The number of nitrogens with zero attached hydrogens (tertiary/aromatic N) is 1. The van der Waals surface area contributed by atoms with Crippen LogP contribution in [0.5, 0.6) is 0 Å². The minimum atomic E-state index is 0. The molecule has 0 aromatic rings. The summed E-state index contributed by atoms with van der Waals surface area (Å²) in [5.74, 6) is 0.778. The van der Waals surface area contributed by atoms with Crippen LogP contribution >= 0.6 is 0 Å². The Morgan fingerprint density at radius 1 is 1.56 bits per heavy atom. The van der Waals surface area contributed by atoms with E-state index in [4.69, 9.17) is 17.9 Å². The molecular weight excluding hydrogens is 141 g/mol. The number of nitriles is 1. The molecule has 9 heavy (non-hydrogen) atoms. The summed E-state index contributed by atoms with van der Waals surface area (Å²) in [5.41, 5.74) is 0.296. The van der Waals surface area contributed by atoms with E-state index in [1.54, 1.807) is 0 Å². The zero-order valence-electron chi connectivity index (χ0n) is 5.68. The van der Waals surface area contributed by atoms with Gasteiger partial charge in [-0.3, -0.25) is 0 Å². The van der Waals surface area contributed by atoms with Crippen LogP contribution < -0.4 is 29.6 Å². The molecule has 0 unspecified atom stereocenters. The summed E-state index contributed by atoms with van der Waals surface area (Å²) in [5, 5.41) is 8.28. The predicted molar refractivity (Wildman–Crippen MR) is 34.1 cm³/mol. The van der Waals surface area contributed by atoms with E-state index in [-0.39, 0.29) is 29.6 Å². The fourth-order valence-electron chi connectivity index (χ4n) is 0.717. The summed E-state index contributed by atoms with van der Waals surface area (Å²) in [7, 11) is 0. The summed E-state index contributed by atoms with van der Waals surface area (Å²) >= 11 is 4.86. The first kappa shape index (κ1) is 9.84. The van der Waals surface area contributed by atoms with Crippen LogP contribution in [0.25, 0.3) is 0 Å². The van der Waals surface area contributed by atoms with E-state index in [0.717, 1.165) is 5.75 Å². The Balaban J connectivity index is 0.000000640. The first-order valence-electron chi connectivity index (χ1n) is 2.78. The Labute approximate surface area is 83.5 Å². The molecular formula is C6H8NNaS. The molecule has 0 saturated heterocycles. The van der Waals surface area contributed by atoms with Gasteiger partial charge in [-0.25, -0.2) is 0 Å². The maximum atomic E-state index is 8.28. The molecule has 1 saturated carbocycles. The molecule has 0 radical (unpaired) electrons. The molecule has 0 heterocycles. The fraction of sp³-hybridized carbons (Fsp3) is 0.833. The van der Waals surface area contributed by atoms with Gasteiger partial charge in [-0.1, -0.05) is 0 Å². The van der Waals surface area contributed by atoms with Crippen molar-refractivity contribution in [3.05, 3.63) is 0 Å². The van der Waals surface area contributed by atoms with E-state index in [2.05, 4.69) is 6.07 Å².